The SMILES string of the molecule is CN(CC1(CS)CCCCC1)C1CCOCC1. The second kappa shape index (κ2) is 6.44. The van der Waals surface area contributed by atoms with Crippen LogP contribution < -0.4 is 0 Å². The first kappa shape index (κ1) is 13.7. The summed E-state index contributed by atoms with van der Waals surface area (Å²) in [6, 6.07) is 0.738. The summed E-state index contributed by atoms with van der Waals surface area (Å²) in [5.74, 6) is 1.06. The van der Waals surface area contributed by atoms with E-state index in [0.29, 0.717) is 5.41 Å². The molecule has 0 N–H and O–H groups in total. The zero-order valence-corrected chi connectivity index (χ0v) is 12.1. The van der Waals surface area contributed by atoms with Crippen LogP contribution in [0.1, 0.15) is 44.9 Å². The van der Waals surface area contributed by atoms with Crippen molar-refractivity contribution < 1.29 is 4.74 Å². The smallest absolute Gasteiger partial charge is 0.0480 e. The number of hydrogen-bond donors (Lipinski definition) is 1. The first-order valence-corrected chi connectivity index (χ1v) is 7.78. The van der Waals surface area contributed by atoms with E-state index in [4.69, 9.17) is 4.74 Å². The van der Waals surface area contributed by atoms with Crippen molar-refractivity contribution in [1.29, 1.82) is 0 Å². The van der Waals surface area contributed by atoms with Gasteiger partial charge in [-0.1, -0.05) is 19.3 Å². The van der Waals surface area contributed by atoms with Gasteiger partial charge < -0.3 is 9.64 Å². The molecule has 0 amide bonds. The van der Waals surface area contributed by atoms with Gasteiger partial charge in [-0.05, 0) is 43.9 Å². The summed E-state index contributed by atoms with van der Waals surface area (Å²) in [7, 11) is 2.30. The van der Waals surface area contributed by atoms with Crippen LogP contribution in [0.15, 0.2) is 0 Å². The van der Waals surface area contributed by atoms with Gasteiger partial charge in [0.1, 0.15) is 0 Å². The highest BCUT2D eigenvalue weighted by Gasteiger charge is 2.33. The van der Waals surface area contributed by atoms with Crippen LogP contribution in [0.3, 0.4) is 0 Å². The maximum Gasteiger partial charge on any atom is 0.0480 e. The Morgan fingerprint density at radius 2 is 1.82 bits per heavy atom. The predicted octanol–water partition coefficient (Wildman–Crippen LogP) is 2.98. The maximum atomic E-state index is 5.45. The molecule has 1 heterocycles. The minimum atomic E-state index is 0.494. The fourth-order valence-corrected chi connectivity index (χ4v) is 3.87. The predicted molar refractivity (Wildman–Crippen MR) is 75.8 cm³/mol. The second-order valence-electron chi connectivity index (χ2n) is 5.98. The Kier molecular flexibility index (Phi) is 5.19. The van der Waals surface area contributed by atoms with Gasteiger partial charge in [0.2, 0.25) is 0 Å². The van der Waals surface area contributed by atoms with E-state index in [2.05, 4.69) is 24.6 Å². The number of hydrogen-bond acceptors (Lipinski definition) is 3. The minimum Gasteiger partial charge on any atom is -0.381 e. The van der Waals surface area contributed by atoms with Crippen molar-refractivity contribution in [2.24, 2.45) is 5.41 Å². The van der Waals surface area contributed by atoms with Crippen molar-refractivity contribution in [1.82, 2.24) is 4.90 Å². The average molecular weight is 257 g/mol. The van der Waals surface area contributed by atoms with Crippen LogP contribution in [0.5, 0.6) is 0 Å². The summed E-state index contributed by atoms with van der Waals surface area (Å²) in [5, 5.41) is 0. The summed E-state index contributed by atoms with van der Waals surface area (Å²) in [6.45, 7) is 3.13. The molecule has 2 rings (SSSR count). The van der Waals surface area contributed by atoms with Crippen LogP contribution in [0.4, 0.5) is 0 Å². The van der Waals surface area contributed by atoms with Crippen LogP contribution in [0, 0.1) is 5.41 Å². The molecule has 0 atom stereocenters. The third kappa shape index (κ3) is 3.62. The Morgan fingerprint density at radius 1 is 1.18 bits per heavy atom. The molecule has 0 bridgehead atoms. The lowest BCUT2D eigenvalue weighted by Gasteiger charge is -2.42. The van der Waals surface area contributed by atoms with Gasteiger partial charge in [0.05, 0.1) is 0 Å². The molecule has 0 aromatic rings. The third-order valence-corrected chi connectivity index (χ3v) is 5.32. The molecule has 2 aliphatic rings. The van der Waals surface area contributed by atoms with Crippen LogP contribution in [-0.2, 0) is 4.74 Å². The van der Waals surface area contributed by atoms with Crippen molar-refractivity contribution in [2.45, 2.75) is 51.0 Å². The highest BCUT2D eigenvalue weighted by Crippen LogP contribution is 2.38. The number of nitrogens with zero attached hydrogens (tertiary/aromatic N) is 1. The average Bonchev–Trinajstić information content (AvgIpc) is 2.41. The lowest BCUT2D eigenvalue weighted by Crippen LogP contribution is -2.45. The van der Waals surface area contributed by atoms with E-state index in [0.717, 1.165) is 25.0 Å². The van der Waals surface area contributed by atoms with Crippen LogP contribution >= 0.6 is 12.6 Å². The Labute approximate surface area is 112 Å². The fourth-order valence-electron chi connectivity index (χ4n) is 3.45. The Hall–Kier alpha value is 0.270. The minimum absolute atomic E-state index is 0.494. The molecule has 1 aliphatic heterocycles. The van der Waals surface area contributed by atoms with Gasteiger partial charge in [-0.15, -0.1) is 0 Å². The van der Waals surface area contributed by atoms with E-state index < -0.39 is 0 Å². The quantitative estimate of drug-likeness (QED) is 0.777. The topological polar surface area (TPSA) is 12.5 Å². The third-order valence-electron chi connectivity index (χ3n) is 4.65. The zero-order valence-electron chi connectivity index (χ0n) is 11.2. The first-order valence-electron chi connectivity index (χ1n) is 7.15. The molecule has 2 fully saturated rings. The van der Waals surface area contributed by atoms with E-state index in [-0.39, 0.29) is 0 Å². The van der Waals surface area contributed by atoms with E-state index >= 15 is 0 Å². The van der Waals surface area contributed by atoms with Gasteiger partial charge in [0, 0.05) is 25.8 Å². The highest BCUT2D eigenvalue weighted by atomic mass is 32.1. The largest absolute Gasteiger partial charge is 0.381 e. The molecule has 0 radical (unpaired) electrons. The normalized spacial score (nSPS) is 26.3. The lowest BCUT2D eigenvalue weighted by molar-refractivity contribution is 0.0244. The Balaban J connectivity index is 1.88. The van der Waals surface area contributed by atoms with E-state index in [1.54, 1.807) is 0 Å². The van der Waals surface area contributed by atoms with Gasteiger partial charge >= 0.3 is 0 Å². The molecular formula is C14H27NOS. The van der Waals surface area contributed by atoms with Gasteiger partial charge in [-0.2, -0.15) is 12.6 Å². The molecule has 0 aromatic heterocycles. The standard InChI is InChI=1S/C14H27NOS/c1-15(13-5-9-16-10-6-13)11-14(12-17)7-3-2-4-8-14/h13,17H,2-12H2,1H3. The molecule has 1 saturated carbocycles. The molecule has 3 heteroatoms. The molecule has 17 heavy (non-hydrogen) atoms. The van der Waals surface area contributed by atoms with E-state index in [1.807, 2.05) is 0 Å². The summed E-state index contributed by atoms with van der Waals surface area (Å²) in [6.07, 6.45) is 9.41. The van der Waals surface area contributed by atoms with Gasteiger partial charge in [-0.25, -0.2) is 0 Å². The van der Waals surface area contributed by atoms with Crippen molar-refractivity contribution in [3.63, 3.8) is 0 Å². The van der Waals surface area contributed by atoms with Crippen molar-refractivity contribution in [3.05, 3.63) is 0 Å². The van der Waals surface area contributed by atoms with Gasteiger partial charge in [0.25, 0.3) is 0 Å². The summed E-state index contributed by atoms with van der Waals surface area (Å²) in [5.41, 5.74) is 0.494. The molecule has 0 aromatic carbocycles. The van der Waals surface area contributed by atoms with Crippen molar-refractivity contribution in [3.8, 4) is 0 Å². The lowest BCUT2D eigenvalue weighted by atomic mass is 9.75. The van der Waals surface area contributed by atoms with E-state index in [9.17, 15) is 0 Å². The van der Waals surface area contributed by atoms with Crippen molar-refractivity contribution >= 4 is 12.6 Å². The summed E-state index contributed by atoms with van der Waals surface area (Å²) < 4.78 is 5.45. The van der Waals surface area contributed by atoms with Gasteiger partial charge in [0.15, 0.2) is 0 Å². The molecule has 100 valence electrons. The van der Waals surface area contributed by atoms with Gasteiger partial charge in [-0.3, -0.25) is 0 Å². The second-order valence-corrected chi connectivity index (χ2v) is 6.29. The monoisotopic (exact) mass is 257 g/mol. The Morgan fingerprint density at radius 3 is 2.41 bits per heavy atom. The molecule has 1 saturated heterocycles. The molecule has 1 aliphatic carbocycles. The van der Waals surface area contributed by atoms with Crippen molar-refractivity contribution in [2.75, 3.05) is 32.6 Å². The fraction of sp³-hybridized carbons (Fsp3) is 1.00. The first-order chi connectivity index (χ1) is 8.26. The number of rotatable bonds is 4. The number of thiol groups is 1. The van der Waals surface area contributed by atoms with Crippen LogP contribution in [-0.4, -0.2) is 43.5 Å². The highest BCUT2D eigenvalue weighted by molar-refractivity contribution is 7.80. The molecule has 2 nitrogen and oxygen atoms in total. The molecular weight excluding hydrogens is 230 g/mol. The number of ether oxygens (including phenoxy) is 1. The van der Waals surface area contributed by atoms with E-state index in [1.165, 1.54) is 51.5 Å². The molecule has 0 spiro atoms. The molecule has 0 unspecified atom stereocenters. The summed E-state index contributed by atoms with van der Waals surface area (Å²) in [4.78, 5) is 2.59. The van der Waals surface area contributed by atoms with Crippen LogP contribution in [0.2, 0.25) is 0 Å². The Bertz CT molecular complexity index is 222. The maximum absolute atomic E-state index is 5.45. The van der Waals surface area contributed by atoms with Crippen LogP contribution in [0.25, 0.3) is 0 Å². The zero-order chi connectivity index (χ0) is 12.1. The summed E-state index contributed by atoms with van der Waals surface area (Å²) >= 11 is 4.64.